The summed E-state index contributed by atoms with van der Waals surface area (Å²) in [6.07, 6.45) is 5.52. The van der Waals surface area contributed by atoms with Gasteiger partial charge in [0, 0.05) is 34.9 Å². The fraction of sp³-hybridized carbons (Fsp3) is 0.917. The van der Waals surface area contributed by atoms with Crippen molar-refractivity contribution in [1.29, 1.82) is 0 Å². The van der Waals surface area contributed by atoms with Crippen LogP contribution >= 0.6 is 0 Å². The molecular formula is C12H23NO3S. The van der Waals surface area contributed by atoms with Gasteiger partial charge in [0.25, 0.3) is 0 Å². The number of esters is 1. The van der Waals surface area contributed by atoms with E-state index in [9.17, 15) is 9.00 Å². The Morgan fingerprint density at radius 3 is 2.47 bits per heavy atom. The molecule has 1 fully saturated rings. The third-order valence-electron chi connectivity index (χ3n) is 3.27. The first-order chi connectivity index (χ1) is 8.02. The molecule has 4 nitrogen and oxygen atoms in total. The molecule has 1 aliphatic rings. The molecule has 17 heavy (non-hydrogen) atoms. The number of rotatable bonds is 5. The van der Waals surface area contributed by atoms with Gasteiger partial charge in [-0.2, -0.15) is 0 Å². The summed E-state index contributed by atoms with van der Waals surface area (Å²) < 4.78 is 15.8. The first-order valence-corrected chi connectivity index (χ1v) is 7.89. The van der Waals surface area contributed by atoms with Crippen molar-refractivity contribution in [3.05, 3.63) is 0 Å². The van der Waals surface area contributed by atoms with Crippen molar-refractivity contribution in [1.82, 2.24) is 5.32 Å². The SMILES string of the molecule is COC(=O)C1CCC(NC(C)CS(C)=O)CC1. The quantitative estimate of drug-likeness (QED) is 0.752. The predicted molar refractivity (Wildman–Crippen MR) is 69.3 cm³/mol. The molecule has 0 aromatic rings. The van der Waals surface area contributed by atoms with Crippen molar-refractivity contribution >= 4 is 16.8 Å². The fourth-order valence-corrected chi connectivity index (χ4v) is 3.27. The first-order valence-electron chi connectivity index (χ1n) is 6.16. The van der Waals surface area contributed by atoms with Crippen LogP contribution in [0.25, 0.3) is 0 Å². The van der Waals surface area contributed by atoms with E-state index in [0.29, 0.717) is 11.8 Å². The highest BCUT2D eigenvalue weighted by atomic mass is 32.2. The Morgan fingerprint density at radius 1 is 1.41 bits per heavy atom. The van der Waals surface area contributed by atoms with Crippen LogP contribution in [0.4, 0.5) is 0 Å². The van der Waals surface area contributed by atoms with Gasteiger partial charge in [-0.15, -0.1) is 0 Å². The molecule has 1 aliphatic carbocycles. The lowest BCUT2D eigenvalue weighted by Crippen LogP contribution is -2.42. The summed E-state index contributed by atoms with van der Waals surface area (Å²) in [5.41, 5.74) is 0. The highest BCUT2D eigenvalue weighted by molar-refractivity contribution is 7.84. The summed E-state index contributed by atoms with van der Waals surface area (Å²) in [7, 11) is 0.697. The number of carbonyl (C=O) groups excluding carboxylic acids is 1. The maximum absolute atomic E-state index is 11.4. The Morgan fingerprint density at radius 2 is 2.00 bits per heavy atom. The number of ether oxygens (including phenoxy) is 1. The van der Waals surface area contributed by atoms with Crippen molar-refractivity contribution < 1.29 is 13.7 Å². The molecule has 0 bridgehead atoms. The Balaban J connectivity index is 2.27. The van der Waals surface area contributed by atoms with E-state index in [-0.39, 0.29) is 17.9 Å². The van der Waals surface area contributed by atoms with Crippen LogP contribution in [-0.4, -0.2) is 41.4 Å². The summed E-state index contributed by atoms with van der Waals surface area (Å²) in [5.74, 6) is 0.691. The minimum absolute atomic E-state index is 0.0775. The van der Waals surface area contributed by atoms with Crippen molar-refractivity contribution in [3.8, 4) is 0 Å². The van der Waals surface area contributed by atoms with Crippen molar-refractivity contribution in [3.63, 3.8) is 0 Å². The molecule has 5 heteroatoms. The van der Waals surface area contributed by atoms with E-state index in [1.807, 2.05) is 0 Å². The van der Waals surface area contributed by atoms with Gasteiger partial charge in [0.1, 0.15) is 0 Å². The van der Waals surface area contributed by atoms with E-state index >= 15 is 0 Å². The number of hydrogen-bond donors (Lipinski definition) is 1. The largest absolute Gasteiger partial charge is 0.469 e. The van der Waals surface area contributed by atoms with Gasteiger partial charge in [0.05, 0.1) is 13.0 Å². The maximum Gasteiger partial charge on any atom is 0.308 e. The van der Waals surface area contributed by atoms with E-state index in [0.717, 1.165) is 25.7 Å². The third-order valence-corrected chi connectivity index (χ3v) is 4.24. The number of nitrogens with one attached hydrogen (secondary N) is 1. The monoisotopic (exact) mass is 261 g/mol. The molecule has 0 radical (unpaired) electrons. The minimum atomic E-state index is -0.752. The van der Waals surface area contributed by atoms with E-state index in [2.05, 4.69) is 12.2 Å². The molecular weight excluding hydrogens is 238 g/mol. The van der Waals surface area contributed by atoms with Crippen molar-refractivity contribution in [2.24, 2.45) is 5.92 Å². The van der Waals surface area contributed by atoms with Gasteiger partial charge in [-0.05, 0) is 32.6 Å². The van der Waals surface area contributed by atoms with Crippen molar-refractivity contribution in [2.75, 3.05) is 19.1 Å². The van der Waals surface area contributed by atoms with Gasteiger partial charge < -0.3 is 10.1 Å². The highest BCUT2D eigenvalue weighted by Crippen LogP contribution is 2.25. The average molecular weight is 261 g/mol. The summed E-state index contributed by atoms with van der Waals surface area (Å²) in [4.78, 5) is 11.4. The molecule has 0 heterocycles. The molecule has 1 N–H and O–H groups in total. The van der Waals surface area contributed by atoms with E-state index < -0.39 is 10.8 Å². The zero-order chi connectivity index (χ0) is 12.8. The second-order valence-electron chi connectivity index (χ2n) is 4.88. The van der Waals surface area contributed by atoms with Gasteiger partial charge in [0.2, 0.25) is 0 Å². The summed E-state index contributed by atoms with van der Waals surface area (Å²) >= 11 is 0. The molecule has 2 unspecified atom stereocenters. The van der Waals surface area contributed by atoms with Crippen LogP contribution in [0, 0.1) is 5.92 Å². The lowest BCUT2D eigenvalue weighted by Gasteiger charge is -2.29. The smallest absolute Gasteiger partial charge is 0.308 e. The van der Waals surface area contributed by atoms with Gasteiger partial charge in [-0.25, -0.2) is 0 Å². The van der Waals surface area contributed by atoms with E-state index in [1.54, 1.807) is 6.26 Å². The van der Waals surface area contributed by atoms with Crippen LogP contribution in [0.15, 0.2) is 0 Å². The molecule has 100 valence electrons. The molecule has 0 amide bonds. The van der Waals surface area contributed by atoms with Crippen LogP contribution in [0.5, 0.6) is 0 Å². The molecule has 0 aromatic heterocycles. The fourth-order valence-electron chi connectivity index (χ4n) is 2.46. The lowest BCUT2D eigenvalue weighted by molar-refractivity contribution is -0.146. The Labute approximate surface area is 106 Å². The number of hydrogen-bond acceptors (Lipinski definition) is 4. The molecule has 2 atom stereocenters. The molecule has 0 aliphatic heterocycles. The molecule has 1 saturated carbocycles. The Bertz CT molecular complexity index is 275. The minimum Gasteiger partial charge on any atom is -0.469 e. The zero-order valence-electron chi connectivity index (χ0n) is 10.9. The average Bonchev–Trinajstić information content (AvgIpc) is 2.28. The second-order valence-corrected chi connectivity index (χ2v) is 6.36. The van der Waals surface area contributed by atoms with Gasteiger partial charge in [-0.3, -0.25) is 9.00 Å². The van der Waals surface area contributed by atoms with Crippen LogP contribution in [-0.2, 0) is 20.3 Å². The topological polar surface area (TPSA) is 55.4 Å². The molecule has 0 spiro atoms. The normalized spacial score (nSPS) is 28.4. The zero-order valence-corrected chi connectivity index (χ0v) is 11.7. The summed E-state index contributed by atoms with van der Waals surface area (Å²) in [5, 5.41) is 3.48. The molecule has 1 rings (SSSR count). The van der Waals surface area contributed by atoms with E-state index in [1.165, 1.54) is 7.11 Å². The van der Waals surface area contributed by atoms with Gasteiger partial charge in [-0.1, -0.05) is 0 Å². The number of carbonyl (C=O) groups is 1. The highest BCUT2D eigenvalue weighted by Gasteiger charge is 2.27. The van der Waals surface area contributed by atoms with Crippen LogP contribution in [0.1, 0.15) is 32.6 Å². The van der Waals surface area contributed by atoms with Crippen LogP contribution in [0.3, 0.4) is 0 Å². The van der Waals surface area contributed by atoms with Gasteiger partial charge >= 0.3 is 5.97 Å². The third kappa shape index (κ3) is 5.17. The standard InChI is InChI=1S/C12H23NO3S/c1-9(8-17(3)15)13-11-6-4-10(5-7-11)12(14)16-2/h9-11,13H,4-8H2,1-3H3. The second kappa shape index (κ2) is 7.11. The van der Waals surface area contributed by atoms with Crippen LogP contribution < -0.4 is 5.32 Å². The van der Waals surface area contributed by atoms with Crippen molar-refractivity contribution in [2.45, 2.75) is 44.7 Å². The van der Waals surface area contributed by atoms with Gasteiger partial charge in [0.15, 0.2) is 0 Å². The summed E-state index contributed by atoms with van der Waals surface area (Å²) in [6, 6.07) is 0.731. The summed E-state index contributed by atoms with van der Waals surface area (Å²) in [6.45, 7) is 2.06. The number of methoxy groups -OCH3 is 1. The Hall–Kier alpha value is -0.420. The van der Waals surface area contributed by atoms with Crippen LogP contribution in [0.2, 0.25) is 0 Å². The predicted octanol–water partition coefficient (Wildman–Crippen LogP) is 1.07. The Kier molecular flexibility index (Phi) is 6.12. The first kappa shape index (κ1) is 14.6. The molecule has 0 aromatic carbocycles. The maximum atomic E-state index is 11.4. The molecule has 0 saturated heterocycles. The lowest BCUT2D eigenvalue weighted by atomic mass is 9.86. The van der Waals surface area contributed by atoms with E-state index in [4.69, 9.17) is 4.74 Å².